The molecule has 0 radical (unpaired) electrons. The average Bonchev–Trinajstić information content (AvgIpc) is 2.48. The normalized spacial score (nSPS) is 12.4. The fraction of sp³-hybridized carbons (Fsp3) is 0.556. The molecule has 1 aromatic carbocycles. The van der Waals surface area contributed by atoms with Crippen molar-refractivity contribution in [2.75, 3.05) is 12.0 Å². The highest BCUT2D eigenvalue weighted by Gasteiger charge is 2.23. The molecule has 0 aliphatic heterocycles. The summed E-state index contributed by atoms with van der Waals surface area (Å²) in [6.45, 7) is 7.83. The zero-order chi connectivity index (χ0) is 18.2. The van der Waals surface area contributed by atoms with Crippen LogP contribution in [0, 0.1) is 6.92 Å². The van der Waals surface area contributed by atoms with Crippen LogP contribution in [0.15, 0.2) is 24.3 Å². The first-order valence-electron chi connectivity index (χ1n) is 8.03. The van der Waals surface area contributed by atoms with E-state index in [2.05, 4.69) is 10.6 Å². The van der Waals surface area contributed by atoms with Gasteiger partial charge in [0.2, 0.25) is 5.91 Å². The molecule has 1 unspecified atom stereocenters. The molecule has 6 heteroatoms. The Labute approximate surface area is 148 Å². The van der Waals surface area contributed by atoms with Crippen molar-refractivity contribution in [2.24, 2.45) is 0 Å². The molecule has 0 spiro atoms. The summed E-state index contributed by atoms with van der Waals surface area (Å²) < 4.78 is 5.24. The van der Waals surface area contributed by atoms with Crippen molar-refractivity contribution < 1.29 is 14.3 Å². The fourth-order valence-electron chi connectivity index (χ4n) is 1.97. The second-order valence-electron chi connectivity index (χ2n) is 6.68. The van der Waals surface area contributed by atoms with Gasteiger partial charge in [-0.2, -0.15) is 11.8 Å². The topological polar surface area (TPSA) is 67.4 Å². The quantitative estimate of drug-likeness (QED) is 0.790. The number of rotatable bonds is 7. The summed E-state index contributed by atoms with van der Waals surface area (Å²) in [5.41, 5.74) is 1.61. The lowest BCUT2D eigenvalue weighted by atomic mass is 10.1. The van der Waals surface area contributed by atoms with E-state index < -0.39 is 17.7 Å². The summed E-state index contributed by atoms with van der Waals surface area (Å²) in [7, 11) is 0. The van der Waals surface area contributed by atoms with E-state index in [1.807, 2.05) is 37.4 Å². The van der Waals surface area contributed by atoms with Gasteiger partial charge in [-0.1, -0.05) is 29.8 Å². The number of alkyl carbamates (subject to hydrolysis) is 1. The Kier molecular flexibility index (Phi) is 8.11. The fourth-order valence-corrected chi connectivity index (χ4v) is 2.44. The zero-order valence-corrected chi connectivity index (χ0v) is 16.0. The van der Waals surface area contributed by atoms with E-state index in [4.69, 9.17) is 4.74 Å². The second kappa shape index (κ2) is 9.57. The van der Waals surface area contributed by atoms with E-state index in [1.54, 1.807) is 32.5 Å². The van der Waals surface area contributed by atoms with Crippen molar-refractivity contribution in [1.82, 2.24) is 10.6 Å². The molecule has 24 heavy (non-hydrogen) atoms. The Bertz CT molecular complexity index is 538. The molecule has 1 aromatic rings. The van der Waals surface area contributed by atoms with Gasteiger partial charge in [0.05, 0.1) is 0 Å². The number of aryl methyl sites for hydroxylation is 1. The Morgan fingerprint density at radius 2 is 1.83 bits per heavy atom. The Morgan fingerprint density at radius 3 is 2.38 bits per heavy atom. The zero-order valence-electron chi connectivity index (χ0n) is 15.1. The van der Waals surface area contributed by atoms with Gasteiger partial charge in [0.25, 0.3) is 0 Å². The van der Waals surface area contributed by atoms with E-state index in [0.717, 1.165) is 11.3 Å². The Balaban J connectivity index is 2.60. The lowest BCUT2D eigenvalue weighted by molar-refractivity contribution is -0.123. The summed E-state index contributed by atoms with van der Waals surface area (Å²) in [5, 5.41) is 5.54. The van der Waals surface area contributed by atoms with Crippen LogP contribution in [0.3, 0.4) is 0 Å². The van der Waals surface area contributed by atoms with Crippen molar-refractivity contribution in [2.45, 2.75) is 52.3 Å². The van der Waals surface area contributed by atoms with E-state index >= 15 is 0 Å². The van der Waals surface area contributed by atoms with Crippen molar-refractivity contribution in [3.8, 4) is 0 Å². The van der Waals surface area contributed by atoms with Crippen LogP contribution in [0.5, 0.6) is 0 Å². The van der Waals surface area contributed by atoms with Crippen LogP contribution < -0.4 is 10.6 Å². The molecule has 1 atom stereocenters. The lowest BCUT2D eigenvalue weighted by Crippen LogP contribution is -2.48. The molecule has 0 saturated carbocycles. The van der Waals surface area contributed by atoms with Gasteiger partial charge in [0.1, 0.15) is 11.6 Å². The molecule has 0 heterocycles. The number of amides is 2. The molecule has 134 valence electrons. The smallest absolute Gasteiger partial charge is 0.408 e. The van der Waals surface area contributed by atoms with Crippen LogP contribution in [-0.2, 0) is 16.1 Å². The van der Waals surface area contributed by atoms with E-state index in [0.29, 0.717) is 13.0 Å². The summed E-state index contributed by atoms with van der Waals surface area (Å²) in [6, 6.07) is 7.37. The number of ether oxygens (including phenoxy) is 1. The highest BCUT2D eigenvalue weighted by molar-refractivity contribution is 7.98. The molecule has 5 nitrogen and oxygen atoms in total. The summed E-state index contributed by atoms with van der Waals surface area (Å²) in [6.07, 6.45) is 1.95. The minimum absolute atomic E-state index is 0.199. The van der Waals surface area contributed by atoms with Crippen LogP contribution in [0.4, 0.5) is 4.79 Å². The molecule has 1 rings (SSSR count). The molecule has 0 aliphatic rings. The highest BCUT2D eigenvalue weighted by atomic mass is 32.2. The SMILES string of the molecule is CSCCC(NC(=O)OC(C)(C)C)C(=O)NCc1ccc(C)cc1. The molecule has 0 bridgehead atoms. The molecular weight excluding hydrogens is 324 g/mol. The van der Waals surface area contributed by atoms with Gasteiger partial charge in [0.15, 0.2) is 0 Å². The number of hydrogen-bond donors (Lipinski definition) is 2. The molecule has 0 saturated heterocycles. The van der Waals surface area contributed by atoms with Crippen LogP contribution >= 0.6 is 11.8 Å². The molecule has 2 amide bonds. The van der Waals surface area contributed by atoms with Crippen molar-refractivity contribution in [3.63, 3.8) is 0 Å². The Morgan fingerprint density at radius 1 is 1.21 bits per heavy atom. The first kappa shape index (κ1) is 20.4. The molecule has 0 fully saturated rings. The minimum atomic E-state index is -0.599. The first-order valence-corrected chi connectivity index (χ1v) is 9.42. The third-order valence-corrected chi connectivity index (χ3v) is 3.85. The summed E-state index contributed by atoms with van der Waals surface area (Å²) >= 11 is 1.63. The van der Waals surface area contributed by atoms with Crippen LogP contribution in [0.25, 0.3) is 0 Å². The third kappa shape index (κ3) is 8.24. The monoisotopic (exact) mass is 352 g/mol. The van der Waals surface area contributed by atoms with Gasteiger partial charge >= 0.3 is 6.09 Å². The summed E-state index contributed by atoms with van der Waals surface area (Å²) in [4.78, 5) is 24.3. The maximum Gasteiger partial charge on any atom is 0.408 e. The van der Waals surface area contributed by atoms with Gasteiger partial charge in [-0.3, -0.25) is 4.79 Å². The van der Waals surface area contributed by atoms with Crippen molar-refractivity contribution in [3.05, 3.63) is 35.4 Å². The molecule has 2 N–H and O–H groups in total. The lowest BCUT2D eigenvalue weighted by Gasteiger charge is -2.23. The van der Waals surface area contributed by atoms with E-state index in [9.17, 15) is 9.59 Å². The maximum atomic E-state index is 12.4. The predicted molar refractivity (Wildman–Crippen MR) is 99.2 cm³/mol. The molecule has 0 aromatic heterocycles. The number of benzene rings is 1. The maximum absolute atomic E-state index is 12.4. The number of carbonyl (C=O) groups excluding carboxylic acids is 2. The predicted octanol–water partition coefficient (Wildman–Crippen LogP) is 3.26. The highest BCUT2D eigenvalue weighted by Crippen LogP contribution is 2.09. The second-order valence-corrected chi connectivity index (χ2v) is 7.67. The van der Waals surface area contributed by atoms with Gasteiger partial charge in [-0.15, -0.1) is 0 Å². The number of carbonyl (C=O) groups is 2. The largest absolute Gasteiger partial charge is 0.444 e. The van der Waals surface area contributed by atoms with E-state index in [1.165, 1.54) is 5.56 Å². The van der Waals surface area contributed by atoms with Crippen LogP contribution in [-0.4, -0.2) is 35.7 Å². The number of thioether (sulfide) groups is 1. The standard InChI is InChI=1S/C18H28N2O3S/c1-13-6-8-14(9-7-13)12-19-16(21)15(10-11-24-5)20-17(22)23-18(2,3)4/h6-9,15H,10-12H2,1-5H3,(H,19,21)(H,20,22). The van der Waals surface area contributed by atoms with Gasteiger partial charge in [-0.05, 0) is 51.7 Å². The van der Waals surface area contributed by atoms with Crippen molar-refractivity contribution in [1.29, 1.82) is 0 Å². The van der Waals surface area contributed by atoms with Crippen LogP contribution in [0.2, 0.25) is 0 Å². The van der Waals surface area contributed by atoms with Gasteiger partial charge < -0.3 is 15.4 Å². The van der Waals surface area contributed by atoms with Crippen LogP contribution in [0.1, 0.15) is 38.3 Å². The number of nitrogens with one attached hydrogen (secondary N) is 2. The summed E-state index contributed by atoms with van der Waals surface area (Å²) in [5.74, 6) is 0.578. The molecule has 0 aliphatic carbocycles. The minimum Gasteiger partial charge on any atom is -0.444 e. The van der Waals surface area contributed by atoms with E-state index in [-0.39, 0.29) is 5.91 Å². The molecular formula is C18H28N2O3S. The third-order valence-electron chi connectivity index (χ3n) is 3.21. The Hall–Kier alpha value is -1.69. The van der Waals surface area contributed by atoms with Gasteiger partial charge in [-0.25, -0.2) is 4.79 Å². The van der Waals surface area contributed by atoms with Crippen molar-refractivity contribution >= 4 is 23.8 Å². The number of hydrogen-bond acceptors (Lipinski definition) is 4. The average molecular weight is 353 g/mol. The first-order chi connectivity index (χ1) is 11.2. The van der Waals surface area contributed by atoms with Gasteiger partial charge in [0, 0.05) is 6.54 Å².